The van der Waals surface area contributed by atoms with Crippen LogP contribution in [0.25, 0.3) is 0 Å². The minimum Gasteiger partial charge on any atom is -0.444 e. The monoisotopic (exact) mass is 299 g/mol. The van der Waals surface area contributed by atoms with Gasteiger partial charge in [0, 0.05) is 26.7 Å². The second-order valence-electron chi connectivity index (χ2n) is 6.48. The van der Waals surface area contributed by atoms with Crippen LogP contribution in [0, 0.1) is 0 Å². The van der Waals surface area contributed by atoms with Gasteiger partial charge in [-0.25, -0.2) is 9.59 Å². The Morgan fingerprint density at radius 1 is 1.33 bits per heavy atom. The van der Waals surface area contributed by atoms with Crippen molar-refractivity contribution in [1.29, 1.82) is 0 Å². The molecule has 21 heavy (non-hydrogen) atoms. The van der Waals surface area contributed by atoms with Gasteiger partial charge in [0.25, 0.3) is 0 Å². The van der Waals surface area contributed by atoms with E-state index in [1.54, 1.807) is 16.9 Å². The van der Waals surface area contributed by atoms with Crippen LogP contribution in [0.15, 0.2) is 0 Å². The Kier molecular flexibility index (Phi) is 4.61. The molecule has 7 heteroatoms. The Balaban J connectivity index is 1.98. The minimum absolute atomic E-state index is 0.0104. The van der Waals surface area contributed by atoms with Gasteiger partial charge in [0.15, 0.2) is 0 Å². The topological polar surface area (TPSA) is 71.1 Å². The molecule has 2 atom stereocenters. The van der Waals surface area contributed by atoms with Crippen LogP contribution in [0.5, 0.6) is 0 Å². The Labute approximate surface area is 125 Å². The molecule has 3 amide bonds. The number of ether oxygens (including phenoxy) is 2. The molecule has 0 bridgehead atoms. The van der Waals surface area contributed by atoms with Gasteiger partial charge >= 0.3 is 12.1 Å². The summed E-state index contributed by atoms with van der Waals surface area (Å²) in [5.74, 6) is 0. The molecule has 2 aliphatic heterocycles. The zero-order chi connectivity index (χ0) is 15.6. The Morgan fingerprint density at radius 2 is 2.05 bits per heavy atom. The van der Waals surface area contributed by atoms with E-state index >= 15 is 0 Å². The van der Waals surface area contributed by atoms with Crippen molar-refractivity contribution in [2.45, 2.75) is 44.9 Å². The normalized spacial score (nSPS) is 26.8. The first-order valence-corrected chi connectivity index (χ1v) is 7.37. The standard InChI is InChI=1S/C14H25N3O4/c1-14(2,3)21-13(19)16-7-5-10(11(9-16)20-4)17-8-6-15-12(17)18/h10-11H,5-9H2,1-4H3,(H,15,18)/t10-,11-/m0/s1. The number of hydrogen-bond donors (Lipinski definition) is 1. The Morgan fingerprint density at radius 3 is 2.57 bits per heavy atom. The van der Waals surface area contributed by atoms with E-state index in [1.165, 1.54) is 0 Å². The lowest BCUT2D eigenvalue weighted by molar-refractivity contribution is -0.0343. The number of methoxy groups -OCH3 is 1. The van der Waals surface area contributed by atoms with Crippen LogP contribution >= 0.6 is 0 Å². The molecule has 0 radical (unpaired) electrons. The molecular formula is C14H25N3O4. The molecule has 7 nitrogen and oxygen atoms in total. The van der Waals surface area contributed by atoms with Crippen molar-refractivity contribution in [3.8, 4) is 0 Å². The number of nitrogens with zero attached hydrogens (tertiary/aromatic N) is 2. The van der Waals surface area contributed by atoms with E-state index in [9.17, 15) is 9.59 Å². The molecule has 0 aromatic rings. The van der Waals surface area contributed by atoms with E-state index in [0.29, 0.717) is 32.6 Å². The zero-order valence-electron chi connectivity index (χ0n) is 13.2. The fourth-order valence-corrected chi connectivity index (χ4v) is 2.79. The average Bonchev–Trinajstić information content (AvgIpc) is 2.82. The van der Waals surface area contributed by atoms with Crippen molar-refractivity contribution in [3.05, 3.63) is 0 Å². The third-order valence-corrected chi connectivity index (χ3v) is 3.77. The first kappa shape index (κ1) is 15.9. The van der Waals surface area contributed by atoms with Crippen LogP contribution in [0.3, 0.4) is 0 Å². The lowest BCUT2D eigenvalue weighted by atomic mass is 10.0. The highest BCUT2D eigenvalue weighted by Crippen LogP contribution is 2.22. The summed E-state index contributed by atoms with van der Waals surface area (Å²) in [7, 11) is 1.62. The lowest BCUT2D eigenvalue weighted by Crippen LogP contribution is -2.57. The maximum atomic E-state index is 12.1. The van der Waals surface area contributed by atoms with Crippen LogP contribution in [-0.4, -0.2) is 73.0 Å². The SMILES string of the molecule is CO[C@H]1CN(C(=O)OC(C)(C)C)CC[C@@H]1N1CCNC1=O. The quantitative estimate of drug-likeness (QED) is 0.827. The molecule has 0 unspecified atom stereocenters. The number of likely N-dealkylation sites (tertiary alicyclic amines) is 1. The number of rotatable bonds is 2. The molecule has 120 valence electrons. The molecule has 2 aliphatic rings. The first-order valence-electron chi connectivity index (χ1n) is 7.37. The largest absolute Gasteiger partial charge is 0.444 e. The van der Waals surface area contributed by atoms with Gasteiger partial charge in [-0.1, -0.05) is 0 Å². The van der Waals surface area contributed by atoms with E-state index < -0.39 is 5.60 Å². The van der Waals surface area contributed by atoms with E-state index in [4.69, 9.17) is 9.47 Å². The Bertz CT molecular complexity index is 408. The maximum absolute atomic E-state index is 12.1. The van der Waals surface area contributed by atoms with Gasteiger partial charge < -0.3 is 24.6 Å². The van der Waals surface area contributed by atoms with Gasteiger partial charge in [0.2, 0.25) is 0 Å². The number of urea groups is 1. The van der Waals surface area contributed by atoms with Crippen molar-refractivity contribution in [2.75, 3.05) is 33.3 Å². The zero-order valence-corrected chi connectivity index (χ0v) is 13.2. The molecule has 2 fully saturated rings. The lowest BCUT2D eigenvalue weighted by Gasteiger charge is -2.41. The molecular weight excluding hydrogens is 274 g/mol. The molecule has 2 rings (SSSR count). The van der Waals surface area contributed by atoms with Gasteiger partial charge in [0.05, 0.1) is 18.7 Å². The summed E-state index contributed by atoms with van der Waals surface area (Å²) in [6, 6.07) is -0.0380. The van der Waals surface area contributed by atoms with Crippen molar-refractivity contribution >= 4 is 12.1 Å². The number of amides is 3. The van der Waals surface area contributed by atoms with E-state index in [1.807, 2.05) is 20.8 Å². The summed E-state index contributed by atoms with van der Waals surface area (Å²) in [4.78, 5) is 27.4. The second kappa shape index (κ2) is 6.09. The van der Waals surface area contributed by atoms with E-state index in [-0.39, 0.29) is 24.3 Å². The Hall–Kier alpha value is -1.50. The highest BCUT2D eigenvalue weighted by molar-refractivity contribution is 5.76. The number of hydrogen-bond acceptors (Lipinski definition) is 4. The van der Waals surface area contributed by atoms with Crippen molar-refractivity contribution in [2.24, 2.45) is 0 Å². The molecule has 1 N–H and O–H groups in total. The molecule has 0 aliphatic carbocycles. The second-order valence-corrected chi connectivity index (χ2v) is 6.48. The fraction of sp³-hybridized carbons (Fsp3) is 0.857. The number of carbonyl (C=O) groups excluding carboxylic acids is 2. The van der Waals surface area contributed by atoms with Gasteiger partial charge in [0.1, 0.15) is 5.60 Å². The third-order valence-electron chi connectivity index (χ3n) is 3.77. The molecule has 2 saturated heterocycles. The molecule has 0 aromatic carbocycles. The van der Waals surface area contributed by atoms with Crippen molar-refractivity contribution < 1.29 is 19.1 Å². The van der Waals surface area contributed by atoms with Gasteiger partial charge in [-0.05, 0) is 27.2 Å². The van der Waals surface area contributed by atoms with Crippen LogP contribution < -0.4 is 5.32 Å². The maximum Gasteiger partial charge on any atom is 0.410 e. The van der Waals surface area contributed by atoms with Crippen LogP contribution in [-0.2, 0) is 9.47 Å². The summed E-state index contributed by atoms with van der Waals surface area (Å²) in [5.41, 5.74) is -0.509. The molecule has 0 saturated carbocycles. The average molecular weight is 299 g/mol. The minimum atomic E-state index is -0.509. The number of piperidine rings is 1. The third kappa shape index (κ3) is 3.78. The summed E-state index contributed by atoms with van der Waals surface area (Å²) in [5, 5.41) is 2.80. The predicted octanol–water partition coefficient (Wildman–Crippen LogP) is 1.04. The predicted molar refractivity (Wildman–Crippen MR) is 77.1 cm³/mol. The van der Waals surface area contributed by atoms with Crippen LogP contribution in [0.2, 0.25) is 0 Å². The number of carbonyl (C=O) groups is 2. The van der Waals surface area contributed by atoms with Gasteiger partial charge in [-0.3, -0.25) is 0 Å². The van der Waals surface area contributed by atoms with Gasteiger partial charge in [-0.2, -0.15) is 0 Å². The number of nitrogens with one attached hydrogen (secondary N) is 1. The molecule has 0 aromatic heterocycles. The van der Waals surface area contributed by atoms with E-state index in [0.717, 1.165) is 0 Å². The smallest absolute Gasteiger partial charge is 0.410 e. The summed E-state index contributed by atoms with van der Waals surface area (Å²) < 4.78 is 10.9. The summed E-state index contributed by atoms with van der Waals surface area (Å²) in [6.07, 6.45) is 0.189. The van der Waals surface area contributed by atoms with Crippen LogP contribution in [0.1, 0.15) is 27.2 Å². The highest BCUT2D eigenvalue weighted by atomic mass is 16.6. The van der Waals surface area contributed by atoms with Crippen LogP contribution in [0.4, 0.5) is 9.59 Å². The molecule has 0 spiro atoms. The highest BCUT2D eigenvalue weighted by Gasteiger charge is 2.39. The van der Waals surface area contributed by atoms with Crippen molar-refractivity contribution in [3.63, 3.8) is 0 Å². The van der Waals surface area contributed by atoms with Gasteiger partial charge in [-0.15, -0.1) is 0 Å². The fourth-order valence-electron chi connectivity index (χ4n) is 2.79. The van der Waals surface area contributed by atoms with E-state index in [2.05, 4.69) is 5.32 Å². The summed E-state index contributed by atoms with van der Waals surface area (Å²) >= 11 is 0. The first-order chi connectivity index (χ1) is 9.81. The molecule has 2 heterocycles. The van der Waals surface area contributed by atoms with Crippen molar-refractivity contribution in [1.82, 2.24) is 15.1 Å². The summed E-state index contributed by atoms with van der Waals surface area (Å²) in [6.45, 7) is 7.92.